The van der Waals surface area contributed by atoms with Gasteiger partial charge >= 0.3 is 0 Å². The number of rotatable bonds is 4. The van der Waals surface area contributed by atoms with E-state index >= 15 is 0 Å². The minimum Gasteiger partial charge on any atom is -0.396 e. The molecule has 1 rings (SSSR count). The number of nitrogen functional groups attached to an aromatic ring is 1. The van der Waals surface area contributed by atoms with Gasteiger partial charge in [0, 0.05) is 11.6 Å². The largest absolute Gasteiger partial charge is 0.396 e. The van der Waals surface area contributed by atoms with Crippen molar-refractivity contribution in [1.29, 1.82) is 0 Å². The Kier molecular flexibility index (Phi) is 5.65. The lowest BCUT2D eigenvalue weighted by Gasteiger charge is -2.16. The summed E-state index contributed by atoms with van der Waals surface area (Å²) in [6.45, 7) is 5.27. The highest BCUT2D eigenvalue weighted by Gasteiger charge is 2.18. The van der Waals surface area contributed by atoms with Gasteiger partial charge in [-0.2, -0.15) is 0 Å². The summed E-state index contributed by atoms with van der Waals surface area (Å²) in [4.78, 5) is 23.7. The Balaban J connectivity index is 2.79. The number of amides is 2. The average Bonchev–Trinajstić information content (AvgIpc) is 2.34. The van der Waals surface area contributed by atoms with Gasteiger partial charge < -0.3 is 16.4 Å². The highest BCUT2D eigenvalue weighted by Crippen LogP contribution is 2.28. The number of nitrogens with two attached hydrogens (primary N) is 1. The second-order valence-corrected chi connectivity index (χ2v) is 5.53. The van der Waals surface area contributed by atoms with Crippen LogP contribution < -0.4 is 16.4 Å². The lowest BCUT2D eigenvalue weighted by atomic mass is 10.1. The number of carbonyl (C=O) groups excluding carboxylic acids is 2. The van der Waals surface area contributed by atoms with Crippen LogP contribution in [0.1, 0.15) is 31.1 Å². The molecule has 0 saturated carbocycles. The number of carbonyl (C=O) groups is 2. The molecule has 0 saturated heterocycles. The molecule has 110 valence electrons. The molecule has 1 unspecified atom stereocenters. The van der Waals surface area contributed by atoms with Crippen LogP contribution in [0, 0.1) is 0 Å². The van der Waals surface area contributed by atoms with E-state index in [1.54, 1.807) is 6.92 Å². The number of halogens is 2. The Bertz CT molecular complexity index is 509. The second-order valence-electron chi connectivity index (χ2n) is 4.71. The van der Waals surface area contributed by atoms with Crippen LogP contribution in [-0.2, 0) is 4.79 Å². The maximum atomic E-state index is 12.0. The second kappa shape index (κ2) is 6.81. The van der Waals surface area contributed by atoms with Crippen molar-refractivity contribution < 1.29 is 9.59 Å². The smallest absolute Gasteiger partial charge is 0.252 e. The van der Waals surface area contributed by atoms with Crippen molar-refractivity contribution in [2.45, 2.75) is 32.9 Å². The average molecular weight is 318 g/mol. The summed E-state index contributed by atoms with van der Waals surface area (Å²) in [5.74, 6) is -0.707. The highest BCUT2D eigenvalue weighted by molar-refractivity contribution is 6.39. The molecule has 1 aromatic carbocycles. The summed E-state index contributed by atoms with van der Waals surface area (Å²) >= 11 is 11.7. The van der Waals surface area contributed by atoms with Gasteiger partial charge in [-0.3, -0.25) is 9.59 Å². The van der Waals surface area contributed by atoms with Crippen LogP contribution in [0.2, 0.25) is 10.0 Å². The Morgan fingerprint density at radius 3 is 2.05 bits per heavy atom. The van der Waals surface area contributed by atoms with Gasteiger partial charge in [0.05, 0.1) is 15.7 Å². The lowest BCUT2D eigenvalue weighted by molar-refractivity contribution is -0.123. The molecule has 0 radical (unpaired) electrons. The Hall–Kier alpha value is -1.46. The highest BCUT2D eigenvalue weighted by atomic mass is 35.5. The first-order valence-corrected chi connectivity index (χ1v) is 6.83. The van der Waals surface area contributed by atoms with Crippen LogP contribution in [0.3, 0.4) is 0 Å². The summed E-state index contributed by atoms with van der Waals surface area (Å²) < 4.78 is 0. The molecule has 0 fully saturated rings. The molecule has 5 nitrogen and oxygen atoms in total. The fourth-order valence-electron chi connectivity index (χ4n) is 1.47. The number of hydrogen-bond donors (Lipinski definition) is 3. The summed E-state index contributed by atoms with van der Waals surface area (Å²) in [5, 5.41) is 5.66. The minimum absolute atomic E-state index is 0.00210. The molecule has 0 aliphatic heterocycles. The predicted molar refractivity (Wildman–Crippen MR) is 81.1 cm³/mol. The van der Waals surface area contributed by atoms with Gasteiger partial charge in [0.2, 0.25) is 5.91 Å². The number of anilines is 1. The molecular weight excluding hydrogens is 301 g/mol. The fraction of sp³-hybridized carbons (Fsp3) is 0.385. The van der Waals surface area contributed by atoms with E-state index < -0.39 is 11.9 Å². The van der Waals surface area contributed by atoms with Gasteiger partial charge in [0.25, 0.3) is 5.91 Å². The third-order valence-electron chi connectivity index (χ3n) is 2.51. The zero-order valence-corrected chi connectivity index (χ0v) is 13.0. The van der Waals surface area contributed by atoms with E-state index in [1.807, 2.05) is 13.8 Å². The van der Waals surface area contributed by atoms with Gasteiger partial charge in [-0.1, -0.05) is 23.2 Å². The van der Waals surface area contributed by atoms with Crippen LogP contribution in [0.4, 0.5) is 5.69 Å². The first-order valence-electron chi connectivity index (χ1n) is 6.08. The van der Waals surface area contributed by atoms with E-state index in [9.17, 15) is 9.59 Å². The zero-order chi connectivity index (χ0) is 15.4. The lowest BCUT2D eigenvalue weighted by Crippen LogP contribution is -2.46. The van der Waals surface area contributed by atoms with E-state index in [2.05, 4.69) is 10.6 Å². The van der Waals surface area contributed by atoms with Crippen LogP contribution in [0.5, 0.6) is 0 Å². The first kappa shape index (κ1) is 16.6. The van der Waals surface area contributed by atoms with Gasteiger partial charge in [0.15, 0.2) is 0 Å². The van der Waals surface area contributed by atoms with Gasteiger partial charge in [0.1, 0.15) is 6.04 Å². The molecular formula is C13H17Cl2N3O2. The van der Waals surface area contributed by atoms with Crippen molar-refractivity contribution in [3.8, 4) is 0 Å². The van der Waals surface area contributed by atoms with E-state index in [4.69, 9.17) is 28.9 Å². The maximum absolute atomic E-state index is 12.0. The summed E-state index contributed by atoms with van der Waals surface area (Å²) in [5.41, 5.74) is 6.06. The quantitative estimate of drug-likeness (QED) is 0.744. The van der Waals surface area contributed by atoms with E-state index in [1.165, 1.54) is 12.1 Å². The summed E-state index contributed by atoms with van der Waals surface area (Å²) in [7, 11) is 0. The Morgan fingerprint density at radius 2 is 1.60 bits per heavy atom. The number of hydrogen-bond acceptors (Lipinski definition) is 3. The van der Waals surface area contributed by atoms with Crippen molar-refractivity contribution in [1.82, 2.24) is 10.6 Å². The van der Waals surface area contributed by atoms with Crippen LogP contribution in [-0.4, -0.2) is 23.9 Å². The normalized spacial score (nSPS) is 12.1. The van der Waals surface area contributed by atoms with Crippen molar-refractivity contribution in [2.24, 2.45) is 0 Å². The fourth-order valence-corrected chi connectivity index (χ4v) is 1.96. The summed E-state index contributed by atoms with van der Waals surface area (Å²) in [6, 6.07) is 2.15. The monoisotopic (exact) mass is 317 g/mol. The van der Waals surface area contributed by atoms with Gasteiger partial charge in [-0.25, -0.2) is 0 Å². The van der Waals surface area contributed by atoms with Crippen LogP contribution >= 0.6 is 23.2 Å². The van der Waals surface area contributed by atoms with Gasteiger partial charge in [-0.05, 0) is 32.9 Å². The van der Waals surface area contributed by atoms with E-state index in [0.717, 1.165) is 0 Å². The predicted octanol–water partition coefficient (Wildman–Crippen LogP) is 2.22. The van der Waals surface area contributed by atoms with Crippen molar-refractivity contribution in [3.05, 3.63) is 27.7 Å². The van der Waals surface area contributed by atoms with Crippen molar-refractivity contribution in [3.63, 3.8) is 0 Å². The maximum Gasteiger partial charge on any atom is 0.252 e. The Morgan fingerprint density at radius 1 is 1.10 bits per heavy atom. The molecule has 20 heavy (non-hydrogen) atoms. The molecule has 0 heterocycles. The Labute approximate surface area is 127 Å². The molecule has 0 aromatic heterocycles. The van der Waals surface area contributed by atoms with Crippen LogP contribution in [0.15, 0.2) is 12.1 Å². The molecule has 0 spiro atoms. The SMILES string of the molecule is CC(C)NC(=O)C(C)NC(=O)c1cc(Cl)c(N)c(Cl)c1. The number of benzene rings is 1. The van der Waals surface area contributed by atoms with Crippen LogP contribution in [0.25, 0.3) is 0 Å². The molecule has 0 aliphatic rings. The molecule has 7 heteroatoms. The van der Waals surface area contributed by atoms with E-state index in [0.29, 0.717) is 0 Å². The molecule has 2 amide bonds. The first-order chi connectivity index (χ1) is 9.22. The standard InChI is InChI=1S/C13H17Cl2N3O2/c1-6(2)17-12(19)7(3)18-13(20)8-4-9(14)11(16)10(15)5-8/h4-7H,16H2,1-3H3,(H,17,19)(H,18,20). The van der Waals surface area contributed by atoms with E-state index in [-0.39, 0.29) is 33.2 Å². The third kappa shape index (κ3) is 4.28. The topological polar surface area (TPSA) is 84.2 Å². The molecule has 1 atom stereocenters. The van der Waals surface area contributed by atoms with Gasteiger partial charge in [-0.15, -0.1) is 0 Å². The third-order valence-corrected chi connectivity index (χ3v) is 3.14. The molecule has 1 aromatic rings. The number of nitrogens with one attached hydrogen (secondary N) is 2. The molecule has 4 N–H and O–H groups in total. The molecule has 0 aliphatic carbocycles. The minimum atomic E-state index is -0.667. The van der Waals surface area contributed by atoms with Crippen molar-refractivity contribution >= 4 is 40.7 Å². The molecule has 0 bridgehead atoms. The van der Waals surface area contributed by atoms with Crippen molar-refractivity contribution in [2.75, 3.05) is 5.73 Å². The summed E-state index contributed by atoms with van der Waals surface area (Å²) in [6.07, 6.45) is 0. The zero-order valence-electron chi connectivity index (χ0n) is 11.5.